The molecule has 0 radical (unpaired) electrons. The highest BCUT2D eigenvalue weighted by molar-refractivity contribution is 5.51. The van der Waals surface area contributed by atoms with Crippen LogP contribution in [-0.2, 0) is 6.54 Å². The second kappa shape index (κ2) is 4.40. The number of nitrogens with one attached hydrogen (secondary N) is 1. The van der Waals surface area contributed by atoms with Gasteiger partial charge in [0.05, 0.1) is 7.11 Å². The van der Waals surface area contributed by atoms with Gasteiger partial charge in [-0.1, -0.05) is 0 Å². The van der Waals surface area contributed by atoms with Crippen LogP contribution in [0.3, 0.4) is 0 Å². The van der Waals surface area contributed by atoms with Crippen LogP contribution in [0, 0.1) is 0 Å². The third-order valence-electron chi connectivity index (χ3n) is 2.31. The molecule has 2 rings (SSSR count). The molecule has 0 bridgehead atoms. The van der Waals surface area contributed by atoms with Crippen molar-refractivity contribution in [3.8, 4) is 17.2 Å². The van der Waals surface area contributed by atoms with Crippen molar-refractivity contribution in [3.05, 3.63) is 17.7 Å². The summed E-state index contributed by atoms with van der Waals surface area (Å²) in [5, 5.41) is 3.09. The zero-order chi connectivity index (χ0) is 10.7. The number of benzene rings is 1. The molecule has 0 atom stereocenters. The van der Waals surface area contributed by atoms with Gasteiger partial charge in [0.2, 0.25) is 0 Å². The molecule has 0 saturated heterocycles. The zero-order valence-electron chi connectivity index (χ0n) is 9.00. The molecule has 1 aliphatic heterocycles. The molecule has 0 unspecified atom stereocenters. The van der Waals surface area contributed by atoms with E-state index in [-0.39, 0.29) is 0 Å². The summed E-state index contributed by atoms with van der Waals surface area (Å²) in [4.78, 5) is 0. The molecule has 1 N–H and O–H groups in total. The molecule has 1 heterocycles. The largest absolute Gasteiger partial charge is 0.496 e. The van der Waals surface area contributed by atoms with Crippen LogP contribution in [0.25, 0.3) is 0 Å². The summed E-state index contributed by atoms with van der Waals surface area (Å²) >= 11 is 0. The van der Waals surface area contributed by atoms with E-state index in [1.807, 2.05) is 19.2 Å². The quantitative estimate of drug-likeness (QED) is 0.811. The van der Waals surface area contributed by atoms with Crippen molar-refractivity contribution >= 4 is 0 Å². The lowest BCUT2D eigenvalue weighted by Gasteiger charge is -2.20. The van der Waals surface area contributed by atoms with Gasteiger partial charge < -0.3 is 19.5 Å². The minimum Gasteiger partial charge on any atom is -0.496 e. The van der Waals surface area contributed by atoms with Crippen molar-refractivity contribution in [3.63, 3.8) is 0 Å². The van der Waals surface area contributed by atoms with Crippen LogP contribution in [0.15, 0.2) is 12.1 Å². The van der Waals surface area contributed by atoms with Gasteiger partial charge in [-0.3, -0.25) is 0 Å². The minimum absolute atomic E-state index is 0.599. The van der Waals surface area contributed by atoms with Gasteiger partial charge in [-0.05, 0) is 13.1 Å². The van der Waals surface area contributed by atoms with Gasteiger partial charge in [0.15, 0.2) is 11.5 Å². The van der Waals surface area contributed by atoms with Crippen LogP contribution >= 0.6 is 0 Å². The minimum atomic E-state index is 0.599. The third kappa shape index (κ3) is 1.99. The standard InChI is InChI=1S/C11H15NO3/c1-12-7-8-5-10-11(6-9(8)13-2)15-4-3-14-10/h5-6,12H,3-4,7H2,1-2H3. The predicted octanol–water partition coefficient (Wildman–Crippen LogP) is 1.19. The summed E-state index contributed by atoms with van der Waals surface area (Å²) in [5.74, 6) is 2.39. The van der Waals surface area contributed by atoms with Crippen molar-refractivity contribution in [2.24, 2.45) is 0 Å². The summed E-state index contributed by atoms with van der Waals surface area (Å²) in [7, 11) is 3.56. The van der Waals surface area contributed by atoms with E-state index < -0.39 is 0 Å². The Morgan fingerprint density at radius 2 is 1.93 bits per heavy atom. The van der Waals surface area contributed by atoms with E-state index in [2.05, 4.69) is 5.32 Å². The van der Waals surface area contributed by atoms with Crippen molar-refractivity contribution < 1.29 is 14.2 Å². The van der Waals surface area contributed by atoms with E-state index in [0.29, 0.717) is 13.2 Å². The van der Waals surface area contributed by atoms with Gasteiger partial charge >= 0.3 is 0 Å². The SMILES string of the molecule is CNCc1cc2c(cc1OC)OCCO2. The van der Waals surface area contributed by atoms with E-state index in [1.54, 1.807) is 7.11 Å². The maximum atomic E-state index is 5.50. The molecule has 0 amide bonds. The van der Waals surface area contributed by atoms with Gasteiger partial charge in [-0.25, -0.2) is 0 Å². The summed E-state index contributed by atoms with van der Waals surface area (Å²) in [6, 6.07) is 3.84. The average molecular weight is 209 g/mol. The van der Waals surface area contributed by atoms with Crippen LogP contribution in [0.1, 0.15) is 5.56 Å². The van der Waals surface area contributed by atoms with Crippen molar-refractivity contribution in [2.75, 3.05) is 27.4 Å². The topological polar surface area (TPSA) is 39.7 Å². The van der Waals surface area contributed by atoms with Gasteiger partial charge in [0.1, 0.15) is 19.0 Å². The second-order valence-corrected chi connectivity index (χ2v) is 3.34. The van der Waals surface area contributed by atoms with E-state index in [0.717, 1.165) is 29.4 Å². The third-order valence-corrected chi connectivity index (χ3v) is 2.31. The maximum Gasteiger partial charge on any atom is 0.165 e. The van der Waals surface area contributed by atoms with E-state index in [4.69, 9.17) is 14.2 Å². The first kappa shape index (κ1) is 10.1. The monoisotopic (exact) mass is 209 g/mol. The van der Waals surface area contributed by atoms with Crippen LogP contribution in [0.2, 0.25) is 0 Å². The van der Waals surface area contributed by atoms with E-state index in [9.17, 15) is 0 Å². The van der Waals surface area contributed by atoms with Crippen molar-refractivity contribution in [1.29, 1.82) is 0 Å². The van der Waals surface area contributed by atoms with Gasteiger partial charge in [-0.15, -0.1) is 0 Å². The Hall–Kier alpha value is -1.42. The van der Waals surface area contributed by atoms with Crippen molar-refractivity contribution in [1.82, 2.24) is 5.32 Å². The Labute approximate surface area is 89.1 Å². The molecule has 0 fully saturated rings. The summed E-state index contributed by atoms with van der Waals surface area (Å²) < 4.78 is 16.3. The number of rotatable bonds is 3. The highest BCUT2D eigenvalue weighted by Crippen LogP contribution is 2.36. The smallest absolute Gasteiger partial charge is 0.165 e. The normalized spacial score (nSPS) is 13.7. The summed E-state index contributed by atoms with van der Waals surface area (Å²) in [6.07, 6.45) is 0. The molecular formula is C11H15NO3. The van der Waals surface area contributed by atoms with Crippen LogP contribution in [-0.4, -0.2) is 27.4 Å². The fourth-order valence-electron chi connectivity index (χ4n) is 1.63. The summed E-state index contributed by atoms with van der Waals surface area (Å²) in [6.45, 7) is 1.96. The Kier molecular flexibility index (Phi) is 2.97. The molecule has 1 aromatic rings. The van der Waals surface area contributed by atoms with Crippen LogP contribution < -0.4 is 19.5 Å². The lowest BCUT2D eigenvalue weighted by molar-refractivity contribution is 0.170. The van der Waals surface area contributed by atoms with E-state index >= 15 is 0 Å². The Morgan fingerprint density at radius 3 is 2.53 bits per heavy atom. The maximum absolute atomic E-state index is 5.50. The highest BCUT2D eigenvalue weighted by atomic mass is 16.6. The Morgan fingerprint density at radius 1 is 1.27 bits per heavy atom. The molecule has 0 spiro atoms. The number of ether oxygens (including phenoxy) is 3. The first-order valence-corrected chi connectivity index (χ1v) is 4.96. The molecule has 1 aliphatic rings. The van der Waals surface area contributed by atoms with Gasteiger partial charge in [0.25, 0.3) is 0 Å². The molecule has 0 aromatic heterocycles. The first-order valence-electron chi connectivity index (χ1n) is 4.96. The molecule has 4 heteroatoms. The van der Waals surface area contributed by atoms with Gasteiger partial charge in [0, 0.05) is 18.2 Å². The highest BCUT2D eigenvalue weighted by Gasteiger charge is 2.15. The number of methoxy groups -OCH3 is 1. The fourth-order valence-corrected chi connectivity index (χ4v) is 1.63. The van der Waals surface area contributed by atoms with E-state index in [1.165, 1.54) is 0 Å². The number of hydrogen-bond donors (Lipinski definition) is 1. The molecular weight excluding hydrogens is 194 g/mol. The fraction of sp³-hybridized carbons (Fsp3) is 0.455. The molecule has 0 aliphatic carbocycles. The molecule has 4 nitrogen and oxygen atoms in total. The van der Waals surface area contributed by atoms with Crippen LogP contribution in [0.5, 0.6) is 17.2 Å². The lowest BCUT2D eigenvalue weighted by Crippen LogP contribution is -2.16. The zero-order valence-corrected chi connectivity index (χ0v) is 9.00. The second-order valence-electron chi connectivity index (χ2n) is 3.34. The predicted molar refractivity (Wildman–Crippen MR) is 56.7 cm³/mol. The molecule has 1 aromatic carbocycles. The molecule has 15 heavy (non-hydrogen) atoms. The number of fused-ring (bicyclic) bond motifs is 1. The average Bonchev–Trinajstić information content (AvgIpc) is 2.28. The van der Waals surface area contributed by atoms with Gasteiger partial charge in [-0.2, -0.15) is 0 Å². The Bertz CT molecular complexity index is 352. The van der Waals surface area contributed by atoms with Crippen LogP contribution in [0.4, 0.5) is 0 Å². The lowest BCUT2D eigenvalue weighted by atomic mass is 10.1. The number of hydrogen-bond acceptors (Lipinski definition) is 4. The molecule has 82 valence electrons. The Balaban J connectivity index is 2.37. The molecule has 0 saturated carbocycles. The first-order chi connectivity index (χ1) is 7.35. The van der Waals surface area contributed by atoms with Crippen molar-refractivity contribution in [2.45, 2.75) is 6.54 Å². The summed E-state index contributed by atoms with van der Waals surface area (Å²) in [5.41, 5.74) is 1.07.